The molecule has 0 heterocycles. The molecule has 4 aromatic carbocycles. The molecule has 142 valence electrons. The molecule has 1 amide bonds. The zero-order valence-electron chi connectivity index (χ0n) is 15.8. The summed E-state index contributed by atoms with van der Waals surface area (Å²) in [5.41, 5.74) is 3.61. The molecule has 1 atom stereocenters. The maximum atomic E-state index is 13.7. The monoisotopic (exact) mass is 441 g/mol. The van der Waals surface area contributed by atoms with Gasteiger partial charge in [-0.2, -0.15) is 0 Å². The summed E-state index contributed by atoms with van der Waals surface area (Å²) in [6.07, 6.45) is 0. The Balaban J connectivity index is 1.92. The normalized spacial score (nSPS) is 11.6. The molecule has 3 heteroatoms. The highest BCUT2D eigenvalue weighted by atomic mass is 79.9. The summed E-state index contributed by atoms with van der Waals surface area (Å²) >= 11 is 3.59. The zero-order chi connectivity index (χ0) is 20.1. The van der Waals surface area contributed by atoms with E-state index in [-0.39, 0.29) is 11.9 Å². The maximum Gasteiger partial charge on any atom is 0.259 e. The molecule has 4 rings (SSSR count). The van der Waals surface area contributed by atoms with Crippen LogP contribution in [0.15, 0.2) is 120 Å². The summed E-state index contributed by atoms with van der Waals surface area (Å²) in [5, 5.41) is 0. The summed E-state index contributed by atoms with van der Waals surface area (Å²) < 4.78 is 0.983. The van der Waals surface area contributed by atoms with E-state index in [1.807, 2.05) is 95.9 Å². The van der Waals surface area contributed by atoms with Crippen LogP contribution in [0.3, 0.4) is 0 Å². The standard InChI is InChI=1S/C26H20BrNO/c27-23-16-10-15-22(19-23)25(20-11-4-1-5-12-20)28(24-17-8-3-9-18-24)26(29)21-13-6-2-7-14-21/h1-19,25H. The lowest BCUT2D eigenvalue weighted by Crippen LogP contribution is -2.35. The van der Waals surface area contributed by atoms with Gasteiger partial charge in [-0.15, -0.1) is 0 Å². The molecule has 0 aliphatic heterocycles. The molecular formula is C26H20BrNO. The van der Waals surface area contributed by atoms with E-state index in [4.69, 9.17) is 0 Å². The van der Waals surface area contributed by atoms with E-state index >= 15 is 0 Å². The average molecular weight is 442 g/mol. The lowest BCUT2D eigenvalue weighted by molar-refractivity contribution is 0.0980. The SMILES string of the molecule is O=C(c1ccccc1)N(c1ccccc1)C(c1ccccc1)c1cccc(Br)c1. The average Bonchev–Trinajstić information content (AvgIpc) is 2.79. The lowest BCUT2D eigenvalue weighted by Gasteiger charge is -2.33. The van der Waals surface area contributed by atoms with Crippen LogP contribution in [-0.4, -0.2) is 5.91 Å². The number of amides is 1. The Morgan fingerprint density at radius 1 is 0.655 bits per heavy atom. The molecular weight excluding hydrogens is 422 g/mol. The second kappa shape index (κ2) is 8.89. The summed E-state index contributed by atoms with van der Waals surface area (Å²) in [5.74, 6) is -0.0365. The number of carbonyl (C=O) groups is 1. The smallest absolute Gasteiger partial charge is 0.259 e. The Morgan fingerprint density at radius 3 is 1.83 bits per heavy atom. The van der Waals surface area contributed by atoms with E-state index in [1.165, 1.54) is 0 Å². The van der Waals surface area contributed by atoms with Crippen LogP contribution in [0.1, 0.15) is 27.5 Å². The predicted molar refractivity (Wildman–Crippen MR) is 122 cm³/mol. The Hall–Kier alpha value is -3.17. The van der Waals surface area contributed by atoms with Crippen LogP contribution in [0, 0.1) is 0 Å². The van der Waals surface area contributed by atoms with Crippen LogP contribution in [0.2, 0.25) is 0 Å². The molecule has 4 aromatic rings. The van der Waals surface area contributed by atoms with Gasteiger partial charge in [0.1, 0.15) is 0 Å². The van der Waals surface area contributed by atoms with Gasteiger partial charge in [-0.3, -0.25) is 9.69 Å². The predicted octanol–water partition coefficient (Wildman–Crippen LogP) is 6.89. The fourth-order valence-electron chi connectivity index (χ4n) is 3.49. The van der Waals surface area contributed by atoms with Gasteiger partial charge in [0.2, 0.25) is 0 Å². The molecule has 0 spiro atoms. The van der Waals surface area contributed by atoms with Gasteiger partial charge in [-0.25, -0.2) is 0 Å². The van der Waals surface area contributed by atoms with Crippen LogP contribution >= 0.6 is 15.9 Å². The van der Waals surface area contributed by atoms with E-state index in [1.54, 1.807) is 0 Å². The van der Waals surface area contributed by atoms with Crippen LogP contribution in [0.25, 0.3) is 0 Å². The molecule has 29 heavy (non-hydrogen) atoms. The fourth-order valence-corrected chi connectivity index (χ4v) is 3.91. The van der Waals surface area contributed by atoms with Crippen molar-refractivity contribution in [3.63, 3.8) is 0 Å². The highest BCUT2D eigenvalue weighted by Crippen LogP contribution is 2.35. The third-order valence-corrected chi connectivity index (χ3v) is 5.31. The van der Waals surface area contributed by atoms with Crippen LogP contribution in [-0.2, 0) is 0 Å². The van der Waals surface area contributed by atoms with E-state index in [9.17, 15) is 4.79 Å². The van der Waals surface area contributed by atoms with Crippen molar-refractivity contribution in [3.8, 4) is 0 Å². The van der Waals surface area contributed by atoms with Gasteiger partial charge in [0.15, 0.2) is 0 Å². The molecule has 0 saturated carbocycles. The minimum Gasteiger partial charge on any atom is -0.297 e. The minimum absolute atomic E-state index is 0.0365. The number of benzene rings is 4. The van der Waals surface area contributed by atoms with Crippen molar-refractivity contribution in [2.45, 2.75) is 6.04 Å². The third kappa shape index (κ3) is 4.30. The number of halogens is 1. The highest BCUT2D eigenvalue weighted by molar-refractivity contribution is 9.10. The Morgan fingerprint density at radius 2 is 1.21 bits per heavy atom. The molecule has 0 aliphatic carbocycles. The molecule has 0 radical (unpaired) electrons. The summed E-state index contributed by atoms with van der Waals surface area (Å²) in [7, 11) is 0. The van der Waals surface area contributed by atoms with E-state index in [2.05, 4.69) is 40.2 Å². The van der Waals surface area contributed by atoms with Gasteiger partial charge in [-0.05, 0) is 47.5 Å². The molecule has 0 aromatic heterocycles. The van der Waals surface area contributed by atoms with Gasteiger partial charge in [0, 0.05) is 15.7 Å². The largest absolute Gasteiger partial charge is 0.297 e. The highest BCUT2D eigenvalue weighted by Gasteiger charge is 2.29. The van der Waals surface area contributed by atoms with Crippen molar-refractivity contribution in [1.29, 1.82) is 0 Å². The molecule has 2 nitrogen and oxygen atoms in total. The van der Waals surface area contributed by atoms with Gasteiger partial charge in [-0.1, -0.05) is 94.8 Å². The minimum atomic E-state index is -0.260. The number of hydrogen-bond donors (Lipinski definition) is 0. The number of carbonyl (C=O) groups excluding carboxylic acids is 1. The molecule has 0 bridgehead atoms. The number of para-hydroxylation sites is 1. The van der Waals surface area contributed by atoms with Crippen LogP contribution < -0.4 is 4.90 Å². The third-order valence-electron chi connectivity index (χ3n) is 4.81. The Kier molecular flexibility index (Phi) is 5.87. The summed E-state index contributed by atoms with van der Waals surface area (Å²) in [4.78, 5) is 15.6. The van der Waals surface area contributed by atoms with Crippen molar-refractivity contribution in [2.75, 3.05) is 4.90 Å². The topological polar surface area (TPSA) is 20.3 Å². The van der Waals surface area contributed by atoms with Crippen molar-refractivity contribution < 1.29 is 4.79 Å². The first-order valence-corrected chi connectivity index (χ1v) is 10.3. The molecule has 0 saturated heterocycles. The summed E-state index contributed by atoms with van der Waals surface area (Å²) in [6.45, 7) is 0. The number of anilines is 1. The molecule has 0 N–H and O–H groups in total. The van der Waals surface area contributed by atoms with Crippen molar-refractivity contribution in [3.05, 3.63) is 136 Å². The fraction of sp³-hybridized carbons (Fsp3) is 0.0385. The van der Waals surface area contributed by atoms with E-state index < -0.39 is 0 Å². The van der Waals surface area contributed by atoms with E-state index in [0.29, 0.717) is 5.56 Å². The maximum absolute atomic E-state index is 13.7. The Labute approximate surface area is 179 Å². The first kappa shape index (κ1) is 19.2. The number of nitrogens with zero attached hydrogens (tertiary/aromatic N) is 1. The number of rotatable bonds is 5. The first-order valence-electron chi connectivity index (χ1n) is 9.48. The van der Waals surface area contributed by atoms with Gasteiger partial charge in [0.05, 0.1) is 6.04 Å². The lowest BCUT2D eigenvalue weighted by atomic mass is 9.95. The Bertz CT molecular complexity index is 1080. The van der Waals surface area contributed by atoms with Crippen molar-refractivity contribution in [1.82, 2.24) is 0 Å². The van der Waals surface area contributed by atoms with Crippen LogP contribution in [0.4, 0.5) is 5.69 Å². The van der Waals surface area contributed by atoms with Gasteiger partial charge >= 0.3 is 0 Å². The quantitative estimate of drug-likeness (QED) is 0.330. The van der Waals surface area contributed by atoms with Crippen molar-refractivity contribution >= 4 is 27.5 Å². The second-order valence-corrected chi connectivity index (χ2v) is 7.66. The first-order chi connectivity index (χ1) is 14.2. The summed E-state index contributed by atoms with van der Waals surface area (Å²) in [6, 6.07) is 37.3. The van der Waals surface area contributed by atoms with Crippen LogP contribution in [0.5, 0.6) is 0 Å². The molecule has 0 aliphatic rings. The number of hydrogen-bond acceptors (Lipinski definition) is 1. The molecule has 0 fully saturated rings. The van der Waals surface area contributed by atoms with Crippen molar-refractivity contribution in [2.24, 2.45) is 0 Å². The molecule has 1 unspecified atom stereocenters. The van der Waals surface area contributed by atoms with E-state index in [0.717, 1.165) is 21.3 Å². The van der Waals surface area contributed by atoms with Gasteiger partial charge in [0.25, 0.3) is 5.91 Å². The van der Waals surface area contributed by atoms with Gasteiger partial charge < -0.3 is 0 Å². The second-order valence-electron chi connectivity index (χ2n) is 6.74. The zero-order valence-corrected chi connectivity index (χ0v) is 17.4.